The highest BCUT2D eigenvalue weighted by Gasteiger charge is 2.10. The number of fused-ring (bicyclic) bond motifs is 1. The summed E-state index contributed by atoms with van der Waals surface area (Å²) in [5.41, 5.74) is 2.10. The Hall–Kier alpha value is -2.47. The topological polar surface area (TPSA) is 69.2 Å². The van der Waals surface area contributed by atoms with E-state index in [1.807, 2.05) is 22.9 Å². The van der Waals surface area contributed by atoms with Crippen LogP contribution in [0.5, 0.6) is 0 Å². The van der Waals surface area contributed by atoms with Crippen molar-refractivity contribution in [3.63, 3.8) is 0 Å². The predicted octanol–water partition coefficient (Wildman–Crippen LogP) is 3.97. The summed E-state index contributed by atoms with van der Waals surface area (Å²) in [5.74, 6) is 0.432. The van der Waals surface area contributed by atoms with E-state index >= 15 is 0 Å². The number of oxazole rings is 1. The Labute approximate surface area is 112 Å². The first-order valence-corrected chi connectivity index (χ1v) is 6.42. The maximum atomic E-state index is 10.7. The summed E-state index contributed by atoms with van der Waals surface area (Å²) in [5, 5.41) is 14.7. The van der Waals surface area contributed by atoms with Crippen LogP contribution in [-0.4, -0.2) is 9.91 Å². The SMILES string of the molecule is O=[N+]([O-])c1ccc2oc(/C=C/c3ccsc3)nc2c1. The number of aromatic nitrogens is 1. The van der Waals surface area contributed by atoms with E-state index in [1.165, 1.54) is 12.1 Å². The molecule has 0 atom stereocenters. The summed E-state index contributed by atoms with van der Waals surface area (Å²) in [6, 6.07) is 6.34. The van der Waals surface area contributed by atoms with Crippen molar-refractivity contribution in [2.75, 3.05) is 0 Å². The van der Waals surface area contributed by atoms with Crippen molar-refractivity contribution in [2.24, 2.45) is 0 Å². The molecule has 0 unspecified atom stereocenters. The van der Waals surface area contributed by atoms with Crippen molar-refractivity contribution < 1.29 is 9.34 Å². The van der Waals surface area contributed by atoms with Gasteiger partial charge in [-0.15, -0.1) is 0 Å². The third kappa shape index (κ3) is 2.38. The van der Waals surface area contributed by atoms with Gasteiger partial charge in [0.1, 0.15) is 5.52 Å². The molecule has 0 spiro atoms. The number of nitro groups is 1. The third-order valence-corrected chi connectivity index (χ3v) is 3.26. The quantitative estimate of drug-likeness (QED) is 0.534. The van der Waals surface area contributed by atoms with Crippen LogP contribution in [0.15, 0.2) is 39.4 Å². The van der Waals surface area contributed by atoms with Gasteiger partial charge in [0.25, 0.3) is 5.69 Å². The molecule has 2 aromatic heterocycles. The molecule has 3 aromatic rings. The molecule has 1 aromatic carbocycles. The fourth-order valence-electron chi connectivity index (χ4n) is 1.66. The summed E-state index contributed by atoms with van der Waals surface area (Å²) in [7, 11) is 0. The van der Waals surface area contributed by atoms with Crippen molar-refractivity contribution in [1.82, 2.24) is 4.98 Å². The van der Waals surface area contributed by atoms with E-state index in [2.05, 4.69) is 4.98 Å². The van der Waals surface area contributed by atoms with Crippen molar-refractivity contribution in [3.05, 3.63) is 56.6 Å². The smallest absolute Gasteiger partial charge is 0.271 e. The lowest BCUT2D eigenvalue weighted by molar-refractivity contribution is -0.384. The second kappa shape index (κ2) is 4.66. The molecule has 94 valence electrons. The number of non-ortho nitro benzene ring substituents is 1. The van der Waals surface area contributed by atoms with E-state index < -0.39 is 4.92 Å². The van der Waals surface area contributed by atoms with Crippen LogP contribution in [0.4, 0.5) is 5.69 Å². The zero-order chi connectivity index (χ0) is 13.2. The van der Waals surface area contributed by atoms with Gasteiger partial charge in [-0.2, -0.15) is 11.3 Å². The first-order valence-electron chi connectivity index (χ1n) is 5.48. The number of rotatable bonds is 3. The van der Waals surface area contributed by atoms with Crippen LogP contribution >= 0.6 is 11.3 Å². The van der Waals surface area contributed by atoms with Crippen LogP contribution in [0.2, 0.25) is 0 Å². The summed E-state index contributed by atoms with van der Waals surface area (Å²) in [6.07, 6.45) is 3.63. The number of hydrogen-bond acceptors (Lipinski definition) is 5. The predicted molar refractivity (Wildman–Crippen MR) is 73.9 cm³/mol. The van der Waals surface area contributed by atoms with E-state index in [0.29, 0.717) is 17.0 Å². The van der Waals surface area contributed by atoms with Gasteiger partial charge in [-0.3, -0.25) is 10.1 Å². The van der Waals surface area contributed by atoms with Crippen molar-refractivity contribution >= 4 is 40.3 Å². The Balaban J connectivity index is 1.95. The minimum Gasteiger partial charge on any atom is -0.437 e. The molecule has 6 heteroatoms. The van der Waals surface area contributed by atoms with Crippen LogP contribution < -0.4 is 0 Å². The molecule has 2 heterocycles. The summed E-state index contributed by atoms with van der Waals surface area (Å²) >= 11 is 1.61. The van der Waals surface area contributed by atoms with Gasteiger partial charge in [0.2, 0.25) is 5.89 Å². The molecule has 3 rings (SSSR count). The van der Waals surface area contributed by atoms with E-state index in [9.17, 15) is 10.1 Å². The molecule has 0 saturated carbocycles. The molecular weight excluding hydrogens is 264 g/mol. The first kappa shape index (κ1) is 11.6. The van der Waals surface area contributed by atoms with Gasteiger partial charge in [-0.25, -0.2) is 4.98 Å². The summed E-state index contributed by atoms with van der Waals surface area (Å²) in [6.45, 7) is 0. The Kier molecular flexibility index (Phi) is 2.85. The maximum Gasteiger partial charge on any atom is 0.271 e. The summed E-state index contributed by atoms with van der Waals surface area (Å²) in [4.78, 5) is 14.4. The molecule has 0 saturated heterocycles. The zero-order valence-electron chi connectivity index (χ0n) is 9.65. The average molecular weight is 272 g/mol. The van der Waals surface area contributed by atoms with Gasteiger partial charge in [-0.05, 0) is 34.5 Å². The Morgan fingerprint density at radius 1 is 1.32 bits per heavy atom. The number of nitro benzene ring substituents is 1. The average Bonchev–Trinajstić information content (AvgIpc) is 3.04. The van der Waals surface area contributed by atoms with Gasteiger partial charge in [-0.1, -0.05) is 0 Å². The molecule has 5 nitrogen and oxygen atoms in total. The molecule has 0 amide bonds. The lowest BCUT2D eigenvalue weighted by Crippen LogP contribution is -1.86. The molecule has 0 N–H and O–H groups in total. The Morgan fingerprint density at radius 3 is 2.95 bits per heavy atom. The Bertz CT molecular complexity index is 759. The van der Waals surface area contributed by atoms with Crippen LogP contribution in [0.1, 0.15) is 11.5 Å². The van der Waals surface area contributed by atoms with Crippen LogP contribution in [0.25, 0.3) is 23.3 Å². The monoisotopic (exact) mass is 272 g/mol. The lowest BCUT2D eigenvalue weighted by atomic mass is 10.3. The third-order valence-electron chi connectivity index (χ3n) is 2.56. The van der Waals surface area contributed by atoms with Gasteiger partial charge in [0.15, 0.2) is 5.58 Å². The van der Waals surface area contributed by atoms with Crippen molar-refractivity contribution in [3.8, 4) is 0 Å². The molecule has 0 aliphatic heterocycles. The second-order valence-electron chi connectivity index (χ2n) is 3.85. The minimum absolute atomic E-state index is 0.00849. The highest BCUT2D eigenvalue weighted by molar-refractivity contribution is 7.08. The number of nitrogens with zero attached hydrogens (tertiary/aromatic N) is 2. The normalized spacial score (nSPS) is 11.4. The highest BCUT2D eigenvalue weighted by Crippen LogP contribution is 2.22. The first-order chi connectivity index (χ1) is 9.22. The van der Waals surface area contributed by atoms with Crippen LogP contribution in [0.3, 0.4) is 0 Å². The number of thiophene rings is 1. The molecule has 19 heavy (non-hydrogen) atoms. The van der Waals surface area contributed by atoms with Crippen LogP contribution in [0, 0.1) is 10.1 Å². The number of benzene rings is 1. The van der Waals surface area contributed by atoms with Gasteiger partial charge < -0.3 is 4.42 Å². The molecule has 0 radical (unpaired) electrons. The van der Waals surface area contributed by atoms with Gasteiger partial charge >= 0.3 is 0 Å². The zero-order valence-corrected chi connectivity index (χ0v) is 10.5. The lowest BCUT2D eigenvalue weighted by Gasteiger charge is -1.88. The Morgan fingerprint density at radius 2 is 2.21 bits per heavy atom. The molecule has 0 aliphatic rings. The van der Waals surface area contributed by atoms with Crippen molar-refractivity contribution in [2.45, 2.75) is 0 Å². The largest absolute Gasteiger partial charge is 0.437 e. The fraction of sp³-hybridized carbons (Fsp3) is 0. The molecule has 0 aliphatic carbocycles. The standard InChI is InChI=1S/C13H8N2O3S/c16-15(17)10-2-3-12-11(7-10)14-13(18-12)4-1-9-5-6-19-8-9/h1-8H/b4-1+. The van der Waals surface area contributed by atoms with E-state index in [1.54, 1.807) is 23.5 Å². The summed E-state index contributed by atoms with van der Waals surface area (Å²) < 4.78 is 5.48. The fourth-order valence-corrected chi connectivity index (χ4v) is 2.28. The van der Waals surface area contributed by atoms with E-state index in [-0.39, 0.29) is 5.69 Å². The van der Waals surface area contributed by atoms with E-state index in [0.717, 1.165) is 5.56 Å². The highest BCUT2D eigenvalue weighted by atomic mass is 32.1. The van der Waals surface area contributed by atoms with Gasteiger partial charge in [0.05, 0.1) is 4.92 Å². The number of hydrogen-bond donors (Lipinski definition) is 0. The molecule has 0 bridgehead atoms. The molecular formula is C13H8N2O3S. The minimum atomic E-state index is -0.449. The molecule has 0 fully saturated rings. The van der Waals surface area contributed by atoms with E-state index in [4.69, 9.17) is 4.42 Å². The maximum absolute atomic E-state index is 10.7. The van der Waals surface area contributed by atoms with Crippen LogP contribution in [-0.2, 0) is 0 Å². The van der Waals surface area contributed by atoms with Crippen molar-refractivity contribution in [1.29, 1.82) is 0 Å². The second-order valence-corrected chi connectivity index (χ2v) is 4.63. The van der Waals surface area contributed by atoms with Gasteiger partial charge in [0, 0.05) is 18.2 Å².